The summed E-state index contributed by atoms with van der Waals surface area (Å²) in [6, 6.07) is 0. The second kappa shape index (κ2) is 5.83. The highest BCUT2D eigenvalue weighted by atomic mass is 32.2. The third-order valence-electron chi connectivity index (χ3n) is 3.58. The Morgan fingerprint density at radius 2 is 2.00 bits per heavy atom. The van der Waals surface area contributed by atoms with Crippen molar-refractivity contribution >= 4 is 10.2 Å². The Balaban J connectivity index is 2.05. The number of hydrogen-bond acceptors (Lipinski definition) is 4. The maximum Gasteiger partial charge on any atom is 0.282 e. The lowest BCUT2D eigenvalue weighted by Crippen LogP contribution is -2.53. The Labute approximate surface area is 109 Å². The summed E-state index contributed by atoms with van der Waals surface area (Å²) in [6.45, 7) is 4.14. The maximum absolute atomic E-state index is 12.5. The third-order valence-corrected chi connectivity index (χ3v) is 5.55. The number of aliphatic hydroxyl groups is 1. The Morgan fingerprint density at radius 3 is 2.67 bits per heavy atom. The van der Waals surface area contributed by atoms with E-state index in [0.717, 1.165) is 12.8 Å². The molecule has 6 nitrogen and oxygen atoms in total. The molecule has 2 unspecified atom stereocenters. The number of rotatable bonds is 3. The zero-order valence-electron chi connectivity index (χ0n) is 10.8. The first kappa shape index (κ1) is 14.2. The highest BCUT2D eigenvalue weighted by Crippen LogP contribution is 2.21. The van der Waals surface area contributed by atoms with Gasteiger partial charge in [-0.15, -0.1) is 0 Å². The van der Waals surface area contributed by atoms with Crippen LogP contribution in [0.1, 0.15) is 19.8 Å². The molecular formula is C11H22N2O4S. The van der Waals surface area contributed by atoms with Crippen LogP contribution in [0.2, 0.25) is 0 Å². The van der Waals surface area contributed by atoms with E-state index in [0.29, 0.717) is 32.2 Å². The molecular weight excluding hydrogens is 256 g/mol. The second-order valence-electron chi connectivity index (χ2n) is 5.15. The first-order chi connectivity index (χ1) is 8.54. The average molecular weight is 278 g/mol. The molecule has 2 fully saturated rings. The highest BCUT2D eigenvalue weighted by molar-refractivity contribution is 7.86. The van der Waals surface area contributed by atoms with Crippen molar-refractivity contribution in [3.05, 3.63) is 0 Å². The van der Waals surface area contributed by atoms with Gasteiger partial charge in [0.25, 0.3) is 10.2 Å². The van der Waals surface area contributed by atoms with E-state index in [9.17, 15) is 8.42 Å². The number of hydrogen-bond donors (Lipinski definition) is 1. The molecule has 2 aliphatic rings. The van der Waals surface area contributed by atoms with Gasteiger partial charge in [-0.3, -0.25) is 0 Å². The van der Waals surface area contributed by atoms with E-state index in [-0.39, 0.29) is 13.2 Å². The van der Waals surface area contributed by atoms with Gasteiger partial charge in [0.05, 0.1) is 19.3 Å². The van der Waals surface area contributed by atoms with Crippen LogP contribution in [0.3, 0.4) is 0 Å². The fourth-order valence-corrected chi connectivity index (χ4v) is 4.32. The Morgan fingerprint density at radius 1 is 1.28 bits per heavy atom. The summed E-state index contributed by atoms with van der Waals surface area (Å²) in [6.07, 6.45) is 1.62. The van der Waals surface area contributed by atoms with Gasteiger partial charge in [-0.05, 0) is 18.8 Å². The summed E-state index contributed by atoms with van der Waals surface area (Å²) >= 11 is 0. The van der Waals surface area contributed by atoms with E-state index in [1.807, 2.05) is 0 Å². The van der Waals surface area contributed by atoms with Crippen LogP contribution >= 0.6 is 0 Å². The molecule has 2 heterocycles. The van der Waals surface area contributed by atoms with Gasteiger partial charge in [-0.2, -0.15) is 17.0 Å². The topological polar surface area (TPSA) is 70.1 Å². The van der Waals surface area contributed by atoms with E-state index in [4.69, 9.17) is 9.84 Å². The molecule has 0 amide bonds. The minimum absolute atomic E-state index is 0.136. The zero-order chi connectivity index (χ0) is 13.2. The molecule has 106 valence electrons. The lowest BCUT2D eigenvalue weighted by molar-refractivity contribution is -0.0320. The minimum atomic E-state index is -3.39. The fraction of sp³-hybridized carbons (Fsp3) is 1.00. The van der Waals surface area contributed by atoms with Gasteiger partial charge < -0.3 is 9.84 Å². The van der Waals surface area contributed by atoms with E-state index >= 15 is 0 Å². The molecule has 7 heteroatoms. The molecule has 0 aromatic rings. The number of aliphatic hydroxyl groups excluding tert-OH is 1. The van der Waals surface area contributed by atoms with E-state index in [1.165, 1.54) is 4.31 Å². The summed E-state index contributed by atoms with van der Waals surface area (Å²) in [4.78, 5) is 0. The Bertz CT molecular complexity index is 373. The van der Waals surface area contributed by atoms with Crippen LogP contribution in [-0.4, -0.2) is 67.6 Å². The molecule has 0 aromatic carbocycles. The Hall–Kier alpha value is -0.210. The van der Waals surface area contributed by atoms with Crippen molar-refractivity contribution in [2.24, 2.45) is 5.92 Å². The summed E-state index contributed by atoms with van der Waals surface area (Å²) in [5.74, 6) is 0.420. The molecule has 2 atom stereocenters. The van der Waals surface area contributed by atoms with Gasteiger partial charge in [-0.25, -0.2) is 0 Å². The average Bonchev–Trinajstić information content (AvgIpc) is 2.39. The maximum atomic E-state index is 12.5. The lowest BCUT2D eigenvalue weighted by Gasteiger charge is -2.37. The molecule has 2 rings (SSSR count). The van der Waals surface area contributed by atoms with Crippen LogP contribution in [0.4, 0.5) is 0 Å². The summed E-state index contributed by atoms with van der Waals surface area (Å²) in [7, 11) is -3.39. The molecule has 2 aliphatic heterocycles. The van der Waals surface area contributed by atoms with Crippen LogP contribution in [-0.2, 0) is 14.9 Å². The smallest absolute Gasteiger partial charge is 0.282 e. The molecule has 0 bridgehead atoms. The van der Waals surface area contributed by atoms with Gasteiger partial charge in [-0.1, -0.05) is 6.92 Å². The molecule has 0 saturated carbocycles. The van der Waals surface area contributed by atoms with E-state index in [1.54, 1.807) is 4.31 Å². The quantitative estimate of drug-likeness (QED) is 0.766. The zero-order valence-corrected chi connectivity index (χ0v) is 11.6. The molecule has 0 spiro atoms. The standard InChI is InChI=1S/C11H22N2O4S/c1-10-3-2-4-12(7-10)18(15,16)13-5-6-17-11(8-13)9-14/h10-11,14H,2-9H2,1H3. The summed E-state index contributed by atoms with van der Waals surface area (Å²) in [5, 5.41) is 9.07. The van der Waals surface area contributed by atoms with Crippen molar-refractivity contribution < 1.29 is 18.3 Å². The van der Waals surface area contributed by atoms with E-state index < -0.39 is 16.3 Å². The van der Waals surface area contributed by atoms with Gasteiger partial charge >= 0.3 is 0 Å². The number of nitrogens with zero attached hydrogens (tertiary/aromatic N) is 2. The van der Waals surface area contributed by atoms with Gasteiger partial charge in [0, 0.05) is 26.2 Å². The molecule has 2 saturated heterocycles. The summed E-state index contributed by atoms with van der Waals surface area (Å²) < 4.78 is 33.2. The van der Waals surface area contributed by atoms with Crippen LogP contribution < -0.4 is 0 Å². The lowest BCUT2D eigenvalue weighted by atomic mass is 10.0. The number of ether oxygens (including phenoxy) is 1. The van der Waals surface area contributed by atoms with Crippen molar-refractivity contribution in [1.29, 1.82) is 0 Å². The Kier molecular flexibility index (Phi) is 4.60. The fourth-order valence-electron chi connectivity index (χ4n) is 2.53. The predicted molar refractivity (Wildman–Crippen MR) is 67.3 cm³/mol. The van der Waals surface area contributed by atoms with Crippen LogP contribution in [0.25, 0.3) is 0 Å². The first-order valence-corrected chi connectivity index (χ1v) is 7.91. The predicted octanol–water partition coefficient (Wildman–Crippen LogP) is -0.344. The van der Waals surface area contributed by atoms with Gasteiger partial charge in [0.15, 0.2) is 0 Å². The monoisotopic (exact) mass is 278 g/mol. The SMILES string of the molecule is CC1CCCN(S(=O)(=O)N2CCOC(CO)C2)C1. The molecule has 0 aliphatic carbocycles. The number of piperidine rings is 1. The third kappa shape index (κ3) is 3.03. The molecule has 0 aromatic heterocycles. The first-order valence-electron chi connectivity index (χ1n) is 6.51. The molecule has 0 radical (unpaired) electrons. The van der Waals surface area contributed by atoms with Crippen LogP contribution in [0, 0.1) is 5.92 Å². The van der Waals surface area contributed by atoms with Crippen molar-refractivity contribution in [2.45, 2.75) is 25.9 Å². The van der Waals surface area contributed by atoms with Gasteiger partial charge in [0.1, 0.15) is 0 Å². The van der Waals surface area contributed by atoms with Crippen molar-refractivity contribution in [3.8, 4) is 0 Å². The van der Waals surface area contributed by atoms with Crippen molar-refractivity contribution in [1.82, 2.24) is 8.61 Å². The normalized spacial score (nSPS) is 32.6. The molecule has 1 N–H and O–H groups in total. The molecule has 18 heavy (non-hydrogen) atoms. The van der Waals surface area contributed by atoms with Crippen molar-refractivity contribution in [3.63, 3.8) is 0 Å². The highest BCUT2D eigenvalue weighted by Gasteiger charge is 2.35. The van der Waals surface area contributed by atoms with Crippen molar-refractivity contribution in [2.75, 3.05) is 39.4 Å². The minimum Gasteiger partial charge on any atom is -0.394 e. The largest absolute Gasteiger partial charge is 0.394 e. The number of morpholine rings is 1. The van der Waals surface area contributed by atoms with Gasteiger partial charge in [0.2, 0.25) is 0 Å². The van der Waals surface area contributed by atoms with Crippen LogP contribution in [0.5, 0.6) is 0 Å². The van der Waals surface area contributed by atoms with E-state index in [2.05, 4.69) is 6.92 Å². The van der Waals surface area contributed by atoms with Crippen LogP contribution in [0.15, 0.2) is 0 Å². The second-order valence-corrected chi connectivity index (χ2v) is 7.08. The summed E-state index contributed by atoms with van der Waals surface area (Å²) in [5.41, 5.74) is 0.